The van der Waals surface area contributed by atoms with E-state index >= 15 is 0 Å². The molecule has 0 saturated heterocycles. The largest absolute Gasteiger partial charge is 0.504 e. The molecule has 21 heavy (non-hydrogen) atoms. The first-order valence-electron chi connectivity index (χ1n) is 6.26. The first kappa shape index (κ1) is 13.4. The quantitative estimate of drug-likeness (QED) is 0.695. The molecule has 0 atom stereocenters. The number of hydrogen-bond acceptors (Lipinski definition) is 5. The van der Waals surface area contributed by atoms with Gasteiger partial charge in [-0.3, -0.25) is 10.2 Å². The van der Waals surface area contributed by atoms with Gasteiger partial charge in [0.05, 0.1) is 6.54 Å². The van der Waals surface area contributed by atoms with Crippen molar-refractivity contribution >= 4 is 28.2 Å². The molecule has 6 heteroatoms. The van der Waals surface area contributed by atoms with E-state index < -0.39 is 0 Å². The third kappa shape index (κ3) is 2.66. The van der Waals surface area contributed by atoms with Crippen molar-refractivity contribution in [3.63, 3.8) is 0 Å². The van der Waals surface area contributed by atoms with Crippen LogP contribution in [0.25, 0.3) is 11.0 Å². The van der Waals surface area contributed by atoms with Gasteiger partial charge in [-0.25, -0.2) is 0 Å². The third-order valence-electron chi connectivity index (χ3n) is 3.02. The Balaban J connectivity index is 1.91. The highest BCUT2D eigenvalue weighted by Gasteiger charge is 2.13. The van der Waals surface area contributed by atoms with Gasteiger partial charge in [-0.1, -0.05) is 18.2 Å². The van der Waals surface area contributed by atoms with Gasteiger partial charge in [0.1, 0.15) is 5.56 Å². The number of amides is 1. The van der Waals surface area contributed by atoms with E-state index in [4.69, 9.17) is 9.83 Å². The van der Waals surface area contributed by atoms with E-state index in [0.29, 0.717) is 11.9 Å². The normalized spacial score (nSPS) is 10.7. The smallest absolute Gasteiger partial charge is 0.257 e. The summed E-state index contributed by atoms with van der Waals surface area (Å²) < 4.78 is 5.24. The Morgan fingerprint density at radius 3 is 2.95 bits per heavy atom. The summed E-state index contributed by atoms with van der Waals surface area (Å²) in [5.41, 5.74) is 0.0784. The lowest BCUT2D eigenvalue weighted by molar-refractivity contribution is 0.0947. The molecule has 0 unspecified atom stereocenters. The molecule has 5 nitrogen and oxygen atoms in total. The van der Waals surface area contributed by atoms with E-state index in [9.17, 15) is 9.90 Å². The fraction of sp³-hybridized carbons (Fsp3) is 0.0667. The van der Waals surface area contributed by atoms with Gasteiger partial charge in [-0.05, 0) is 23.6 Å². The zero-order valence-corrected chi connectivity index (χ0v) is 11.7. The van der Waals surface area contributed by atoms with Crippen LogP contribution in [0.15, 0.2) is 46.2 Å². The van der Waals surface area contributed by atoms with E-state index in [-0.39, 0.29) is 28.4 Å². The van der Waals surface area contributed by atoms with E-state index in [1.54, 1.807) is 29.5 Å². The van der Waals surface area contributed by atoms with Crippen molar-refractivity contribution in [2.45, 2.75) is 6.54 Å². The van der Waals surface area contributed by atoms with Gasteiger partial charge in [0.15, 0.2) is 11.3 Å². The van der Waals surface area contributed by atoms with Crippen LogP contribution in [0.3, 0.4) is 0 Å². The Bertz CT molecular complexity index is 853. The number of phenols is 1. The number of carbonyl (C=O) groups excluding carboxylic acids is 1. The van der Waals surface area contributed by atoms with Gasteiger partial charge in [0.25, 0.3) is 5.91 Å². The minimum atomic E-state index is -0.373. The summed E-state index contributed by atoms with van der Waals surface area (Å²) in [5.74, 6) is -0.422. The second kappa shape index (κ2) is 5.41. The summed E-state index contributed by atoms with van der Waals surface area (Å²) in [4.78, 5) is 13.2. The zero-order valence-electron chi connectivity index (χ0n) is 10.9. The summed E-state index contributed by atoms with van der Waals surface area (Å²) in [6.45, 7) is 0.411. The molecule has 0 aliphatic heterocycles. The maximum atomic E-state index is 12.1. The molecule has 0 spiro atoms. The van der Waals surface area contributed by atoms with Crippen LogP contribution in [0.4, 0.5) is 0 Å². The number of hydrogen-bond donors (Lipinski definition) is 3. The van der Waals surface area contributed by atoms with E-state index in [1.807, 2.05) is 17.5 Å². The molecule has 0 saturated carbocycles. The number of para-hydroxylation sites is 1. The van der Waals surface area contributed by atoms with Crippen LogP contribution >= 0.6 is 11.3 Å². The topological polar surface area (TPSA) is 86.3 Å². The average molecular weight is 300 g/mol. The lowest BCUT2D eigenvalue weighted by atomic mass is 10.1. The number of phenolic OH excluding ortho intramolecular Hbond substituents is 1. The lowest BCUT2D eigenvalue weighted by Gasteiger charge is -2.05. The highest BCUT2D eigenvalue weighted by atomic mass is 32.1. The van der Waals surface area contributed by atoms with Gasteiger partial charge < -0.3 is 14.8 Å². The van der Waals surface area contributed by atoms with Crippen molar-refractivity contribution in [3.05, 3.63) is 57.8 Å². The maximum Gasteiger partial charge on any atom is 0.257 e. The first-order valence-corrected chi connectivity index (χ1v) is 7.14. The summed E-state index contributed by atoms with van der Waals surface area (Å²) in [5, 5.41) is 22.7. The van der Waals surface area contributed by atoms with Crippen molar-refractivity contribution in [1.82, 2.24) is 5.32 Å². The average Bonchev–Trinajstić information content (AvgIpc) is 2.98. The molecule has 0 fully saturated rings. The molecule has 2 heterocycles. The predicted molar refractivity (Wildman–Crippen MR) is 79.2 cm³/mol. The molecule has 0 radical (unpaired) electrons. The fourth-order valence-electron chi connectivity index (χ4n) is 1.99. The van der Waals surface area contributed by atoms with Crippen molar-refractivity contribution in [2.24, 2.45) is 0 Å². The summed E-state index contributed by atoms with van der Waals surface area (Å²) >= 11 is 1.55. The highest BCUT2D eigenvalue weighted by molar-refractivity contribution is 7.09. The van der Waals surface area contributed by atoms with E-state index in [0.717, 1.165) is 4.88 Å². The molecule has 0 aliphatic carbocycles. The highest BCUT2D eigenvalue weighted by Crippen LogP contribution is 2.23. The third-order valence-corrected chi connectivity index (χ3v) is 3.90. The predicted octanol–water partition coefficient (Wildman–Crippen LogP) is 2.61. The van der Waals surface area contributed by atoms with E-state index in [1.165, 1.54) is 6.07 Å². The number of nitrogens with one attached hydrogen (secondary N) is 2. The summed E-state index contributed by atoms with van der Waals surface area (Å²) in [6.07, 6.45) is 0. The number of benzene rings is 1. The maximum absolute atomic E-state index is 12.1. The van der Waals surface area contributed by atoms with Crippen LogP contribution < -0.4 is 10.9 Å². The number of thiophene rings is 1. The molecule has 3 N–H and O–H groups in total. The molecule has 0 bridgehead atoms. The molecule has 3 aromatic rings. The lowest BCUT2D eigenvalue weighted by Crippen LogP contribution is -2.27. The van der Waals surface area contributed by atoms with Crippen molar-refractivity contribution in [2.75, 3.05) is 0 Å². The summed E-state index contributed by atoms with van der Waals surface area (Å²) in [7, 11) is 0. The SMILES string of the molecule is N=c1oc2c(O)cccc2cc1C(=O)NCc1cccs1. The Kier molecular flexibility index (Phi) is 3.45. The Morgan fingerprint density at radius 1 is 1.33 bits per heavy atom. The molecule has 2 aromatic heterocycles. The second-order valence-electron chi connectivity index (χ2n) is 4.45. The number of fused-ring (bicyclic) bond motifs is 1. The van der Waals surface area contributed by atoms with Crippen molar-refractivity contribution in [3.8, 4) is 5.75 Å². The Hall–Kier alpha value is -2.60. The fourth-order valence-corrected chi connectivity index (χ4v) is 2.63. The van der Waals surface area contributed by atoms with Crippen LogP contribution in [0, 0.1) is 5.41 Å². The van der Waals surface area contributed by atoms with Crippen LogP contribution in [0.2, 0.25) is 0 Å². The molecule has 3 rings (SSSR count). The van der Waals surface area contributed by atoms with Gasteiger partial charge >= 0.3 is 0 Å². The van der Waals surface area contributed by atoms with Crippen molar-refractivity contribution in [1.29, 1.82) is 5.41 Å². The van der Waals surface area contributed by atoms with Gasteiger partial charge in [-0.2, -0.15) is 0 Å². The van der Waals surface area contributed by atoms with Crippen LogP contribution in [0.5, 0.6) is 5.75 Å². The van der Waals surface area contributed by atoms with Gasteiger partial charge in [-0.15, -0.1) is 11.3 Å². The standard InChI is InChI=1S/C15H12N2O3S/c16-14-11(15(19)17-8-10-4-2-6-21-10)7-9-3-1-5-12(18)13(9)20-14/h1-7,16,18H,8H2,(H,17,19). The molecule has 0 aliphatic rings. The molecule has 1 aromatic carbocycles. The first-order chi connectivity index (χ1) is 10.1. The second-order valence-corrected chi connectivity index (χ2v) is 5.48. The Labute approximate surface area is 124 Å². The number of aromatic hydroxyl groups is 1. The molecular weight excluding hydrogens is 288 g/mol. The monoisotopic (exact) mass is 300 g/mol. The van der Waals surface area contributed by atoms with Gasteiger partial charge in [0.2, 0.25) is 5.55 Å². The minimum absolute atomic E-state index is 0.0495. The number of carbonyl (C=O) groups is 1. The van der Waals surface area contributed by atoms with Gasteiger partial charge in [0, 0.05) is 10.3 Å². The molecule has 106 valence electrons. The van der Waals surface area contributed by atoms with Crippen LogP contribution in [0.1, 0.15) is 15.2 Å². The van der Waals surface area contributed by atoms with E-state index in [2.05, 4.69) is 5.32 Å². The molecule has 1 amide bonds. The summed E-state index contributed by atoms with van der Waals surface area (Å²) in [6, 6.07) is 10.2. The van der Waals surface area contributed by atoms with Crippen molar-refractivity contribution < 1.29 is 14.3 Å². The molecular formula is C15H12N2O3S. The van der Waals surface area contributed by atoms with Crippen LogP contribution in [-0.4, -0.2) is 11.0 Å². The number of rotatable bonds is 3. The zero-order chi connectivity index (χ0) is 14.8. The minimum Gasteiger partial charge on any atom is -0.504 e. The Morgan fingerprint density at radius 2 is 2.19 bits per heavy atom. The van der Waals surface area contributed by atoms with Crippen LogP contribution in [-0.2, 0) is 6.54 Å².